The first kappa shape index (κ1) is 25.2. The van der Waals surface area contributed by atoms with E-state index in [2.05, 4.69) is 17.6 Å². The lowest BCUT2D eigenvalue weighted by Crippen LogP contribution is -2.38. The average Bonchev–Trinajstić information content (AvgIpc) is 2.86. The molecule has 3 rings (SSSR count). The van der Waals surface area contributed by atoms with Gasteiger partial charge in [-0.25, -0.2) is 4.39 Å². The minimum absolute atomic E-state index is 0.155. The summed E-state index contributed by atoms with van der Waals surface area (Å²) in [6, 6.07) is 21.2. The fraction of sp³-hybridized carbons (Fsp3) is 0.214. The molecule has 1 atom stereocenters. The molecular formula is C28H29FN2O2S. The smallest absolute Gasteiger partial charge is 0.252 e. The summed E-state index contributed by atoms with van der Waals surface area (Å²) in [7, 11) is 0. The Labute approximate surface area is 204 Å². The van der Waals surface area contributed by atoms with Crippen molar-refractivity contribution >= 4 is 29.7 Å². The lowest BCUT2D eigenvalue weighted by molar-refractivity contribution is -0.120. The number of thioether (sulfide) groups is 1. The molecule has 34 heavy (non-hydrogen) atoms. The number of hydrogen-bond acceptors (Lipinski definition) is 3. The van der Waals surface area contributed by atoms with Gasteiger partial charge in [-0.05, 0) is 53.6 Å². The molecule has 0 spiro atoms. The number of hydrogen-bond donors (Lipinski definition) is 2. The van der Waals surface area contributed by atoms with Crippen LogP contribution in [0.2, 0.25) is 0 Å². The molecule has 1 unspecified atom stereocenters. The molecule has 4 nitrogen and oxygen atoms in total. The highest BCUT2D eigenvalue weighted by Gasteiger charge is 2.20. The minimum atomic E-state index is -0.380. The van der Waals surface area contributed by atoms with Crippen molar-refractivity contribution in [2.24, 2.45) is 0 Å². The van der Waals surface area contributed by atoms with E-state index >= 15 is 0 Å². The Kier molecular flexibility index (Phi) is 9.47. The van der Waals surface area contributed by atoms with Crippen LogP contribution in [0.1, 0.15) is 46.4 Å². The topological polar surface area (TPSA) is 58.2 Å². The van der Waals surface area contributed by atoms with Crippen molar-refractivity contribution in [1.82, 2.24) is 10.6 Å². The standard InChI is InChI=1S/C28H29FN2O2S/c1-3-21-12-4-5-14-23(21)25(31-28(33)24-15-6-7-16-26(24)34-2)19-30-27(32)17-9-11-20-10-8-13-22(29)18-20/h4-16,18,25H,3,17,19H2,1-2H3,(H,30,32)(H,31,33)/b11-9+. The molecule has 0 aliphatic rings. The fourth-order valence-electron chi connectivity index (χ4n) is 3.70. The molecule has 176 valence electrons. The average molecular weight is 477 g/mol. The Hall–Kier alpha value is -3.38. The van der Waals surface area contributed by atoms with E-state index in [4.69, 9.17) is 0 Å². The summed E-state index contributed by atoms with van der Waals surface area (Å²) in [5.41, 5.74) is 3.40. The number of carbonyl (C=O) groups excluding carboxylic acids is 2. The molecule has 2 N–H and O–H groups in total. The molecule has 0 radical (unpaired) electrons. The summed E-state index contributed by atoms with van der Waals surface area (Å²) in [5, 5.41) is 6.05. The highest BCUT2D eigenvalue weighted by Crippen LogP contribution is 2.23. The van der Waals surface area contributed by atoms with Crippen molar-refractivity contribution in [2.45, 2.75) is 30.7 Å². The Balaban J connectivity index is 1.71. The van der Waals surface area contributed by atoms with E-state index in [0.29, 0.717) is 11.1 Å². The second-order valence-electron chi connectivity index (χ2n) is 7.74. The van der Waals surface area contributed by atoms with Gasteiger partial charge in [-0.15, -0.1) is 11.8 Å². The second-order valence-corrected chi connectivity index (χ2v) is 8.59. The zero-order valence-electron chi connectivity index (χ0n) is 19.4. The van der Waals surface area contributed by atoms with E-state index in [1.54, 1.807) is 30.4 Å². The zero-order valence-corrected chi connectivity index (χ0v) is 20.2. The maximum absolute atomic E-state index is 13.3. The van der Waals surface area contributed by atoms with E-state index in [1.165, 1.54) is 23.9 Å². The van der Waals surface area contributed by atoms with Gasteiger partial charge >= 0.3 is 0 Å². The SMILES string of the molecule is CCc1ccccc1C(CNC(=O)C/C=C/c1cccc(F)c1)NC(=O)c1ccccc1SC. The van der Waals surface area contributed by atoms with Crippen LogP contribution in [0.5, 0.6) is 0 Å². The fourth-order valence-corrected chi connectivity index (χ4v) is 4.30. The molecule has 0 heterocycles. The molecule has 0 saturated carbocycles. The van der Waals surface area contributed by atoms with Crippen LogP contribution in [0, 0.1) is 5.82 Å². The molecule has 0 aromatic heterocycles. The first-order valence-electron chi connectivity index (χ1n) is 11.2. The van der Waals surface area contributed by atoms with Crippen LogP contribution in [0.15, 0.2) is 83.8 Å². The van der Waals surface area contributed by atoms with Crippen LogP contribution in [0.3, 0.4) is 0 Å². The number of rotatable bonds is 10. The molecule has 2 amide bonds. The highest BCUT2D eigenvalue weighted by molar-refractivity contribution is 7.98. The molecule has 3 aromatic carbocycles. The molecule has 0 bridgehead atoms. The van der Waals surface area contributed by atoms with Crippen LogP contribution in [0.25, 0.3) is 6.08 Å². The van der Waals surface area contributed by atoms with Crippen molar-refractivity contribution in [2.75, 3.05) is 12.8 Å². The van der Waals surface area contributed by atoms with Gasteiger partial charge in [-0.1, -0.05) is 67.6 Å². The second kappa shape index (κ2) is 12.8. The predicted molar refractivity (Wildman–Crippen MR) is 137 cm³/mol. The van der Waals surface area contributed by atoms with Crippen LogP contribution in [-0.2, 0) is 11.2 Å². The van der Waals surface area contributed by atoms with E-state index in [0.717, 1.165) is 22.4 Å². The third kappa shape index (κ3) is 7.06. The first-order chi connectivity index (χ1) is 16.5. The van der Waals surface area contributed by atoms with Gasteiger partial charge < -0.3 is 10.6 Å². The Morgan fingerprint density at radius 2 is 1.79 bits per heavy atom. The van der Waals surface area contributed by atoms with Gasteiger partial charge in [0.2, 0.25) is 5.91 Å². The monoisotopic (exact) mass is 476 g/mol. The van der Waals surface area contributed by atoms with Gasteiger partial charge in [0.1, 0.15) is 5.82 Å². The Bertz CT molecular complexity index is 1160. The van der Waals surface area contributed by atoms with Crippen molar-refractivity contribution in [1.29, 1.82) is 0 Å². The number of amides is 2. The van der Waals surface area contributed by atoms with E-state index < -0.39 is 0 Å². The Morgan fingerprint density at radius 3 is 2.56 bits per heavy atom. The normalized spacial score (nSPS) is 11.9. The number of benzene rings is 3. The van der Waals surface area contributed by atoms with E-state index in [-0.39, 0.29) is 36.6 Å². The van der Waals surface area contributed by atoms with Crippen LogP contribution in [-0.4, -0.2) is 24.6 Å². The van der Waals surface area contributed by atoms with Gasteiger partial charge in [-0.2, -0.15) is 0 Å². The van der Waals surface area contributed by atoms with Gasteiger partial charge in [-0.3, -0.25) is 9.59 Å². The molecule has 0 aliphatic carbocycles. The molecule has 3 aromatic rings. The summed E-state index contributed by atoms with van der Waals surface area (Å²) in [6.07, 6.45) is 6.32. The molecule has 0 fully saturated rings. The minimum Gasteiger partial charge on any atom is -0.353 e. The maximum atomic E-state index is 13.3. The van der Waals surface area contributed by atoms with E-state index in [9.17, 15) is 14.0 Å². The summed E-state index contributed by atoms with van der Waals surface area (Å²) >= 11 is 1.52. The van der Waals surface area contributed by atoms with Gasteiger partial charge in [0.25, 0.3) is 5.91 Å². The largest absolute Gasteiger partial charge is 0.353 e. The maximum Gasteiger partial charge on any atom is 0.252 e. The van der Waals surface area contributed by atoms with Crippen molar-refractivity contribution < 1.29 is 14.0 Å². The van der Waals surface area contributed by atoms with Gasteiger partial charge in [0, 0.05) is 17.9 Å². The lowest BCUT2D eigenvalue weighted by atomic mass is 9.98. The zero-order chi connectivity index (χ0) is 24.3. The predicted octanol–water partition coefficient (Wildman–Crippen LogP) is 5.80. The number of carbonyl (C=O) groups is 2. The van der Waals surface area contributed by atoms with Crippen molar-refractivity contribution in [3.8, 4) is 0 Å². The third-order valence-electron chi connectivity index (χ3n) is 5.43. The lowest BCUT2D eigenvalue weighted by Gasteiger charge is -2.23. The van der Waals surface area contributed by atoms with Crippen LogP contribution >= 0.6 is 11.8 Å². The summed E-state index contributed by atoms with van der Waals surface area (Å²) in [6.45, 7) is 2.33. The molecular weight excluding hydrogens is 447 g/mol. The van der Waals surface area contributed by atoms with Crippen LogP contribution < -0.4 is 10.6 Å². The summed E-state index contributed by atoms with van der Waals surface area (Å²) in [5.74, 6) is -0.672. The quantitative estimate of drug-likeness (QED) is 0.364. The van der Waals surface area contributed by atoms with Crippen molar-refractivity contribution in [3.63, 3.8) is 0 Å². The Morgan fingerprint density at radius 1 is 1.03 bits per heavy atom. The molecule has 0 aliphatic heterocycles. The number of aryl methyl sites for hydroxylation is 1. The molecule has 0 saturated heterocycles. The van der Waals surface area contributed by atoms with E-state index in [1.807, 2.05) is 48.7 Å². The summed E-state index contributed by atoms with van der Waals surface area (Å²) in [4.78, 5) is 26.5. The van der Waals surface area contributed by atoms with Gasteiger partial charge in [0.05, 0.1) is 11.6 Å². The molecule has 6 heteroatoms. The highest BCUT2D eigenvalue weighted by atomic mass is 32.2. The number of halogens is 1. The number of nitrogens with one attached hydrogen (secondary N) is 2. The van der Waals surface area contributed by atoms with Gasteiger partial charge in [0.15, 0.2) is 0 Å². The summed E-state index contributed by atoms with van der Waals surface area (Å²) < 4.78 is 13.3. The third-order valence-corrected chi connectivity index (χ3v) is 6.23. The van der Waals surface area contributed by atoms with Crippen LogP contribution in [0.4, 0.5) is 4.39 Å². The van der Waals surface area contributed by atoms with Crippen molar-refractivity contribution in [3.05, 3.63) is 107 Å². The first-order valence-corrected chi connectivity index (χ1v) is 12.4.